The SMILES string of the molecule is O=C(Cc1csc(SCc2ccc(Cl)cc2)n1)NCc1ccccc1Cl. The van der Waals surface area contributed by atoms with E-state index < -0.39 is 0 Å². The van der Waals surface area contributed by atoms with E-state index in [2.05, 4.69) is 10.3 Å². The van der Waals surface area contributed by atoms with Crippen LogP contribution < -0.4 is 5.32 Å². The van der Waals surface area contributed by atoms with E-state index in [9.17, 15) is 4.79 Å². The highest BCUT2D eigenvalue weighted by Crippen LogP contribution is 2.27. The average molecular weight is 423 g/mol. The van der Waals surface area contributed by atoms with Crippen molar-refractivity contribution in [2.24, 2.45) is 0 Å². The summed E-state index contributed by atoms with van der Waals surface area (Å²) < 4.78 is 0.953. The van der Waals surface area contributed by atoms with Crippen molar-refractivity contribution in [3.63, 3.8) is 0 Å². The smallest absolute Gasteiger partial charge is 0.226 e. The molecule has 0 saturated heterocycles. The zero-order chi connectivity index (χ0) is 18.4. The molecule has 3 rings (SSSR count). The van der Waals surface area contributed by atoms with Crippen molar-refractivity contribution in [2.45, 2.75) is 23.1 Å². The Bertz CT molecular complexity index is 881. The fourth-order valence-corrected chi connectivity index (χ4v) is 4.35. The molecule has 1 amide bonds. The molecule has 0 saturated carbocycles. The van der Waals surface area contributed by atoms with Gasteiger partial charge in [0.1, 0.15) is 4.34 Å². The van der Waals surface area contributed by atoms with Crippen molar-refractivity contribution in [3.8, 4) is 0 Å². The van der Waals surface area contributed by atoms with Crippen LogP contribution in [0.5, 0.6) is 0 Å². The second kappa shape index (κ2) is 9.42. The number of thioether (sulfide) groups is 1. The van der Waals surface area contributed by atoms with E-state index in [1.54, 1.807) is 23.1 Å². The molecule has 3 aromatic rings. The number of rotatable bonds is 7. The van der Waals surface area contributed by atoms with Crippen molar-refractivity contribution >= 4 is 52.2 Å². The standard InChI is InChI=1S/C19H16Cl2N2OS2/c20-15-7-5-13(6-8-15)11-25-19-23-16(12-26-19)9-18(24)22-10-14-3-1-2-4-17(14)21/h1-8,12H,9-11H2,(H,22,24). The molecular formula is C19H16Cl2N2OS2. The molecule has 1 heterocycles. The van der Waals surface area contributed by atoms with E-state index in [-0.39, 0.29) is 12.3 Å². The van der Waals surface area contributed by atoms with Gasteiger partial charge in [-0.25, -0.2) is 4.98 Å². The molecule has 0 aliphatic carbocycles. The monoisotopic (exact) mass is 422 g/mol. The van der Waals surface area contributed by atoms with Crippen LogP contribution in [0.2, 0.25) is 10.0 Å². The number of halogens is 2. The number of amides is 1. The molecule has 134 valence electrons. The Morgan fingerprint density at radius 1 is 1.12 bits per heavy atom. The van der Waals surface area contributed by atoms with E-state index in [0.717, 1.165) is 26.4 Å². The first-order chi connectivity index (χ1) is 12.6. The quantitative estimate of drug-likeness (QED) is 0.503. The highest BCUT2D eigenvalue weighted by atomic mass is 35.5. The molecule has 0 bridgehead atoms. The second-order valence-corrected chi connectivity index (χ2v) is 8.49. The third kappa shape index (κ3) is 5.74. The molecule has 2 aromatic carbocycles. The third-order valence-corrected chi connectivity index (χ3v) is 6.34. The number of nitrogens with zero attached hydrogens (tertiary/aromatic N) is 1. The van der Waals surface area contributed by atoms with Gasteiger partial charge in [0.25, 0.3) is 0 Å². The number of carbonyl (C=O) groups is 1. The highest BCUT2D eigenvalue weighted by Gasteiger charge is 2.09. The van der Waals surface area contributed by atoms with Crippen LogP contribution in [0.15, 0.2) is 58.3 Å². The van der Waals surface area contributed by atoms with Crippen molar-refractivity contribution in [2.75, 3.05) is 0 Å². The lowest BCUT2D eigenvalue weighted by atomic mass is 10.2. The van der Waals surface area contributed by atoms with Crippen molar-refractivity contribution in [1.29, 1.82) is 0 Å². The van der Waals surface area contributed by atoms with Crippen molar-refractivity contribution in [3.05, 3.63) is 80.8 Å². The summed E-state index contributed by atoms with van der Waals surface area (Å²) >= 11 is 15.2. The van der Waals surface area contributed by atoms with Crippen LogP contribution in [0.3, 0.4) is 0 Å². The largest absolute Gasteiger partial charge is 0.352 e. The van der Waals surface area contributed by atoms with Crippen LogP contribution in [0.25, 0.3) is 0 Å². The lowest BCUT2D eigenvalue weighted by Gasteiger charge is -2.05. The van der Waals surface area contributed by atoms with Crippen LogP contribution in [0.4, 0.5) is 0 Å². The number of aromatic nitrogens is 1. The Balaban J connectivity index is 1.47. The lowest BCUT2D eigenvalue weighted by molar-refractivity contribution is -0.120. The molecule has 0 aliphatic rings. The topological polar surface area (TPSA) is 42.0 Å². The van der Waals surface area contributed by atoms with Crippen molar-refractivity contribution in [1.82, 2.24) is 10.3 Å². The summed E-state index contributed by atoms with van der Waals surface area (Å²) in [6, 6.07) is 15.3. The van der Waals surface area contributed by atoms with Crippen molar-refractivity contribution < 1.29 is 4.79 Å². The van der Waals surface area contributed by atoms with Gasteiger partial charge >= 0.3 is 0 Å². The van der Waals surface area contributed by atoms with E-state index >= 15 is 0 Å². The highest BCUT2D eigenvalue weighted by molar-refractivity contribution is 8.00. The number of nitrogens with one attached hydrogen (secondary N) is 1. The van der Waals surface area contributed by atoms with Gasteiger partial charge in [-0.2, -0.15) is 0 Å². The maximum absolute atomic E-state index is 12.1. The molecule has 0 spiro atoms. The fourth-order valence-electron chi connectivity index (χ4n) is 2.22. The Morgan fingerprint density at radius 2 is 1.88 bits per heavy atom. The van der Waals surface area contributed by atoms with E-state index in [4.69, 9.17) is 23.2 Å². The Labute approximate surface area is 170 Å². The summed E-state index contributed by atoms with van der Waals surface area (Å²) in [5.74, 6) is 0.757. The number of benzene rings is 2. The van der Waals surface area contributed by atoms with Gasteiger partial charge in [-0.1, -0.05) is 65.3 Å². The van der Waals surface area contributed by atoms with Gasteiger partial charge in [-0.3, -0.25) is 4.79 Å². The lowest BCUT2D eigenvalue weighted by Crippen LogP contribution is -2.24. The molecule has 0 atom stereocenters. The Kier molecular flexibility index (Phi) is 6.97. The molecule has 26 heavy (non-hydrogen) atoms. The van der Waals surface area contributed by atoms with Gasteiger partial charge in [0.05, 0.1) is 12.1 Å². The van der Waals surface area contributed by atoms with E-state index in [0.29, 0.717) is 11.6 Å². The molecule has 0 fully saturated rings. The summed E-state index contributed by atoms with van der Waals surface area (Å²) in [6.45, 7) is 0.417. The molecule has 0 aliphatic heterocycles. The van der Waals surface area contributed by atoms with Gasteiger partial charge in [0, 0.05) is 27.7 Å². The maximum atomic E-state index is 12.1. The molecule has 0 radical (unpaired) electrons. The van der Waals surface area contributed by atoms with Gasteiger partial charge in [-0.15, -0.1) is 11.3 Å². The van der Waals surface area contributed by atoms with Crippen LogP contribution in [-0.2, 0) is 23.5 Å². The first kappa shape index (κ1) is 19.2. The van der Waals surface area contributed by atoms with E-state index in [1.165, 1.54) is 5.56 Å². The Morgan fingerprint density at radius 3 is 2.65 bits per heavy atom. The summed E-state index contributed by atoms with van der Waals surface area (Å²) in [5, 5.41) is 6.20. The molecule has 3 nitrogen and oxygen atoms in total. The van der Waals surface area contributed by atoms with E-state index in [1.807, 2.05) is 53.9 Å². The van der Waals surface area contributed by atoms with Crippen LogP contribution in [0.1, 0.15) is 16.8 Å². The van der Waals surface area contributed by atoms with Crippen LogP contribution >= 0.6 is 46.3 Å². The minimum atomic E-state index is -0.0653. The van der Waals surface area contributed by atoms with Gasteiger partial charge in [0.2, 0.25) is 5.91 Å². The number of hydrogen-bond acceptors (Lipinski definition) is 4. The minimum Gasteiger partial charge on any atom is -0.352 e. The van der Waals surface area contributed by atoms with Gasteiger partial charge < -0.3 is 5.32 Å². The predicted octanol–water partition coefficient (Wildman–Crippen LogP) is 5.60. The van der Waals surface area contributed by atoms with Crippen LogP contribution in [-0.4, -0.2) is 10.9 Å². The molecular weight excluding hydrogens is 407 g/mol. The molecule has 7 heteroatoms. The third-order valence-electron chi connectivity index (χ3n) is 3.58. The fraction of sp³-hybridized carbons (Fsp3) is 0.158. The summed E-state index contributed by atoms with van der Waals surface area (Å²) in [5.41, 5.74) is 2.87. The van der Waals surface area contributed by atoms with Gasteiger partial charge in [0.15, 0.2) is 0 Å². The van der Waals surface area contributed by atoms with Crippen LogP contribution in [0, 0.1) is 0 Å². The maximum Gasteiger partial charge on any atom is 0.226 e. The molecule has 0 unspecified atom stereocenters. The summed E-state index contributed by atoms with van der Waals surface area (Å²) in [6.07, 6.45) is 0.266. The predicted molar refractivity (Wildman–Crippen MR) is 110 cm³/mol. The van der Waals surface area contributed by atoms with Gasteiger partial charge in [-0.05, 0) is 29.3 Å². The summed E-state index contributed by atoms with van der Waals surface area (Å²) in [4.78, 5) is 16.6. The first-order valence-electron chi connectivity index (χ1n) is 7.92. The second-order valence-electron chi connectivity index (χ2n) is 5.56. The number of thiazole rings is 1. The first-order valence-corrected chi connectivity index (χ1v) is 10.5. The molecule has 1 N–H and O–H groups in total. The zero-order valence-corrected chi connectivity index (χ0v) is 16.9. The summed E-state index contributed by atoms with van der Waals surface area (Å²) in [7, 11) is 0. The number of carbonyl (C=O) groups excluding carboxylic acids is 1. The minimum absolute atomic E-state index is 0.0653. The molecule has 1 aromatic heterocycles. The average Bonchev–Trinajstić information content (AvgIpc) is 3.08. The normalized spacial score (nSPS) is 10.7. The zero-order valence-electron chi connectivity index (χ0n) is 13.7. The Hall–Kier alpha value is -1.53. The number of hydrogen-bond donors (Lipinski definition) is 1.